The van der Waals surface area contributed by atoms with Gasteiger partial charge in [0.05, 0.1) is 18.3 Å². The van der Waals surface area contributed by atoms with Crippen molar-refractivity contribution >= 4 is 13.1 Å². The van der Waals surface area contributed by atoms with E-state index in [0.29, 0.717) is 6.04 Å². The Labute approximate surface area is 145 Å². The lowest BCUT2D eigenvalue weighted by Crippen LogP contribution is -2.44. The van der Waals surface area contributed by atoms with Crippen molar-refractivity contribution < 1.29 is 18.8 Å². The van der Waals surface area contributed by atoms with Gasteiger partial charge in [-0.15, -0.1) is 0 Å². The number of carbonyl (C=O) groups is 1. The van der Waals surface area contributed by atoms with Crippen LogP contribution in [0.5, 0.6) is 0 Å². The maximum atomic E-state index is 12.0. The second kappa shape index (κ2) is 6.47. The number of allylic oxidation sites excluding steroid dienone is 1. The Morgan fingerprint density at radius 1 is 1.25 bits per heavy atom. The average molecular weight is 335 g/mol. The summed E-state index contributed by atoms with van der Waals surface area (Å²) in [5, 5.41) is 0. The minimum atomic E-state index is -0.291. The normalized spacial score (nSPS) is 32.7. The lowest BCUT2D eigenvalue weighted by molar-refractivity contribution is -0.146. The number of likely N-dealkylation sites (tertiary alicyclic amines) is 1. The fourth-order valence-electron chi connectivity index (χ4n) is 3.97. The summed E-state index contributed by atoms with van der Waals surface area (Å²) in [7, 11) is 1.25. The van der Waals surface area contributed by atoms with Crippen molar-refractivity contribution in [2.75, 3.05) is 13.7 Å². The number of nitrogens with zero attached hydrogens (tertiary/aromatic N) is 1. The molecular weight excluding hydrogens is 305 g/mol. The number of hydrogen-bond acceptors (Lipinski definition) is 5. The van der Waals surface area contributed by atoms with Crippen LogP contribution in [0.2, 0.25) is 0 Å². The summed E-state index contributed by atoms with van der Waals surface area (Å²) in [6, 6.07) is 0.356. The molecule has 1 aliphatic carbocycles. The summed E-state index contributed by atoms with van der Waals surface area (Å²) < 4.78 is 17.3. The minimum Gasteiger partial charge on any atom is -0.468 e. The van der Waals surface area contributed by atoms with Crippen LogP contribution in [0.15, 0.2) is 11.5 Å². The van der Waals surface area contributed by atoms with E-state index >= 15 is 0 Å². The first-order chi connectivity index (χ1) is 11.2. The Kier molecular flexibility index (Phi) is 4.84. The molecular formula is C18H30BNO4. The van der Waals surface area contributed by atoms with Crippen LogP contribution >= 0.6 is 0 Å². The standard InChI is InChI=1S/C18H30BNO4/c1-17(2)18(3,4)24-19(23-17)13-8-10-14(11-9-13)20-12-6-7-15(20)16(21)22-5/h8,14-15H,6-7,9-12H2,1-5H3. The third-order valence-corrected chi connectivity index (χ3v) is 6.21. The summed E-state index contributed by atoms with van der Waals surface area (Å²) in [5.74, 6) is -0.0896. The van der Waals surface area contributed by atoms with Crippen LogP contribution < -0.4 is 0 Å². The Balaban J connectivity index is 1.64. The molecule has 0 amide bonds. The molecule has 5 nitrogen and oxygen atoms in total. The Hall–Kier alpha value is -0.845. The molecule has 2 heterocycles. The van der Waals surface area contributed by atoms with Gasteiger partial charge in [0.1, 0.15) is 6.04 Å². The van der Waals surface area contributed by atoms with E-state index in [0.717, 1.165) is 38.6 Å². The molecule has 0 aromatic rings. The molecule has 2 atom stereocenters. The minimum absolute atomic E-state index is 0.0632. The first-order valence-corrected chi connectivity index (χ1v) is 9.13. The van der Waals surface area contributed by atoms with Gasteiger partial charge in [0.2, 0.25) is 0 Å². The zero-order valence-corrected chi connectivity index (χ0v) is 15.6. The molecule has 134 valence electrons. The molecule has 6 heteroatoms. The molecule has 3 aliphatic rings. The Morgan fingerprint density at radius 3 is 2.46 bits per heavy atom. The molecule has 0 spiro atoms. The molecule has 2 unspecified atom stereocenters. The van der Waals surface area contributed by atoms with E-state index in [4.69, 9.17) is 14.0 Å². The van der Waals surface area contributed by atoms with Gasteiger partial charge in [0.15, 0.2) is 0 Å². The Morgan fingerprint density at radius 2 is 1.92 bits per heavy atom. The predicted octanol–water partition coefficient (Wildman–Crippen LogP) is 2.73. The number of methoxy groups -OCH3 is 1. The zero-order chi connectivity index (χ0) is 17.5. The summed E-state index contributed by atoms with van der Waals surface area (Å²) >= 11 is 0. The Bertz CT molecular complexity index is 515. The van der Waals surface area contributed by atoms with Crippen LogP contribution in [0, 0.1) is 0 Å². The van der Waals surface area contributed by atoms with Crippen molar-refractivity contribution in [3.8, 4) is 0 Å². The van der Waals surface area contributed by atoms with Gasteiger partial charge in [-0.25, -0.2) is 0 Å². The van der Waals surface area contributed by atoms with Gasteiger partial charge in [0.25, 0.3) is 0 Å². The van der Waals surface area contributed by atoms with Gasteiger partial charge in [0, 0.05) is 6.04 Å². The van der Waals surface area contributed by atoms with Gasteiger partial charge in [-0.3, -0.25) is 9.69 Å². The van der Waals surface area contributed by atoms with Gasteiger partial charge in [-0.2, -0.15) is 0 Å². The van der Waals surface area contributed by atoms with E-state index < -0.39 is 0 Å². The van der Waals surface area contributed by atoms with Crippen molar-refractivity contribution in [1.82, 2.24) is 4.90 Å². The molecule has 0 aromatic heterocycles. The number of esters is 1. The molecule has 24 heavy (non-hydrogen) atoms. The van der Waals surface area contributed by atoms with Crippen molar-refractivity contribution in [3.63, 3.8) is 0 Å². The van der Waals surface area contributed by atoms with Gasteiger partial charge < -0.3 is 14.0 Å². The van der Waals surface area contributed by atoms with Crippen LogP contribution in [0.3, 0.4) is 0 Å². The second-order valence-electron chi connectivity index (χ2n) is 8.21. The van der Waals surface area contributed by atoms with Gasteiger partial charge in [-0.1, -0.05) is 6.08 Å². The van der Waals surface area contributed by atoms with Gasteiger partial charge in [-0.05, 0) is 71.8 Å². The highest BCUT2D eigenvalue weighted by Gasteiger charge is 2.52. The van der Waals surface area contributed by atoms with Crippen LogP contribution in [0.4, 0.5) is 0 Å². The summed E-state index contributed by atoms with van der Waals surface area (Å²) in [5.41, 5.74) is 0.666. The zero-order valence-electron chi connectivity index (χ0n) is 15.6. The van der Waals surface area contributed by atoms with Crippen molar-refractivity contribution in [1.29, 1.82) is 0 Å². The van der Waals surface area contributed by atoms with E-state index in [-0.39, 0.29) is 30.3 Å². The fourth-order valence-corrected chi connectivity index (χ4v) is 3.97. The maximum absolute atomic E-state index is 12.0. The molecule has 0 radical (unpaired) electrons. The first-order valence-electron chi connectivity index (χ1n) is 9.13. The number of ether oxygens (including phenoxy) is 1. The smallest absolute Gasteiger partial charge is 0.468 e. The lowest BCUT2D eigenvalue weighted by Gasteiger charge is -2.34. The van der Waals surface area contributed by atoms with Crippen molar-refractivity contribution in [2.24, 2.45) is 0 Å². The van der Waals surface area contributed by atoms with E-state index in [1.54, 1.807) is 0 Å². The molecule has 2 fully saturated rings. The molecule has 0 N–H and O–H groups in total. The van der Waals surface area contributed by atoms with Crippen LogP contribution in [0.1, 0.15) is 59.8 Å². The lowest BCUT2D eigenvalue weighted by atomic mass is 9.71. The molecule has 2 saturated heterocycles. The van der Waals surface area contributed by atoms with E-state index in [2.05, 4.69) is 38.7 Å². The topological polar surface area (TPSA) is 48.0 Å². The van der Waals surface area contributed by atoms with E-state index in [1.165, 1.54) is 12.6 Å². The van der Waals surface area contributed by atoms with Crippen LogP contribution in [0.25, 0.3) is 0 Å². The highest BCUT2D eigenvalue weighted by atomic mass is 16.7. The average Bonchev–Trinajstić information content (AvgIpc) is 3.10. The number of rotatable bonds is 3. The molecule has 2 aliphatic heterocycles. The highest BCUT2D eigenvalue weighted by molar-refractivity contribution is 6.54. The van der Waals surface area contributed by atoms with Crippen LogP contribution in [-0.2, 0) is 18.8 Å². The van der Waals surface area contributed by atoms with E-state index in [9.17, 15) is 4.79 Å². The molecule has 3 rings (SSSR count). The quantitative estimate of drug-likeness (QED) is 0.586. The van der Waals surface area contributed by atoms with Crippen molar-refractivity contribution in [2.45, 2.75) is 83.1 Å². The third-order valence-electron chi connectivity index (χ3n) is 6.21. The fraction of sp³-hybridized carbons (Fsp3) is 0.833. The third kappa shape index (κ3) is 3.16. The summed E-state index contributed by atoms with van der Waals surface area (Å²) in [6.45, 7) is 9.34. The molecule has 0 bridgehead atoms. The van der Waals surface area contributed by atoms with Crippen LogP contribution in [-0.4, -0.2) is 54.9 Å². The second-order valence-corrected chi connectivity index (χ2v) is 8.21. The SMILES string of the molecule is COC(=O)C1CCCN1C1CC=C(B2OC(C)(C)C(C)(C)O2)CC1. The first kappa shape index (κ1) is 18.0. The number of hydrogen-bond donors (Lipinski definition) is 0. The summed E-state index contributed by atoms with van der Waals surface area (Å²) in [4.78, 5) is 14.3. The molecule has 0 saturated carbocycles. The summed E-state index contributed by atoms with van der Waals surface area (Å²) in [6.07, 6.45) is 7.21. The van der Waals surface area contributed by atoms with Crippen molar-refractivity contribution in [3.05, 3.63) is 11.5 Å². The monoisotopic (exact) mass is 335 g/mol. The largest absolute Gasteiger partial charge is 0.490 e. The highest BCUT2D eigenvalue weighted by Crippen LogP contribution is 2.40. The van der Waals surface area contributed by atoms with E-state index in [1.807, 2.05) is 0 Å². The predicted molar refractivity (Wildman–Crippen MR) is 93.5 cm³/mol. The number of carbonyl (C=O) groups excluding carboxylic acids is 1. The van der Waals surface area contributed by atoms with Gasteiger partial charge >= 0.3 is 13.1 Å². The maximum Gasteiger partial charge on any atom is 0.490 e. The molecule has 0 aromatic carbocycles.